The number of nitrogens with one attached hydrogen (secondary N) is 2. The first-order chi connectivity index (χ1) is 15.6. The van der Waals surface area contributed by atoms with Crippen LogP contribution in [0.4, 0.5) is 17.2 Å². The van der Waals surface area contributed by atoms with E-state index in [-0.39, 0.29) is 5.91 Å². The molecule has 2 atom stereocenters. The maximum Gasteiger partial charge on any atom is 0.238 e. The second-order valence-corrected chi connectivity index (χ2v) is 8.79. The lowest BCUT2D eigenvalue weighted by Gasteiger charge is -2.18. The lowest BCUT2D eigenvalue weighted by Crippen LogP contribution is -2.34. The second kappa shape index (κ2) is 8.58. The summed E-state index contributed by atoms with van der Waals surface area (Å²) in [5.41, 5.74) is 3.17. The SMILES string of the molecule is C#Cc1cccc(Nc2ncnc3ccc(NC(=O)CN4CC5CN(C)CC5C4)cc23)c1. The summed E-state index contributed by atoms with van der Waals surface area (Å²) in [7, 11) is 2.17. The van der Waals surface area contributed by atoms with E-state index >= 15 is 0 Å². The molecule has 2 unspecified atom stereocenters. The Morgan fingerprint density at radius 1 is 1.09 bits per heavy atom. The molecule has 0 bridgehead atoms. The van der Waals surface area contributed by atoms with Crippen molar-refractivity contribution in [3.8, 4) is 12.3 Å². The molecule has 1 amide bonds. The number of terminal acetylenes is 1. The molecular weight excluding hydrogens is 400 g/mol. The largest absolute Gasteiger partial charge is 0.340 e. The van der Waals surface area contributed by atoms with Gasteiger partial charge in [0.05, 0.1) is 12.1 Å². The molecule has 3 aromatic rings. The first-order valence-corrected chi connectivity index (χ1v) is 10.9. The van der Waals surface area contributed by atoms with E-state index in [9.17, 15) is 4.79 Å². The third kappa shape index (κ3) is 4.28. The number of anilines is 3. The van der Waals surface area contributed by atoms with Gasteiger partial charge in [0.25, 0.3) is 0 Å². The molecule has 2 saturated heterocycles. The van der Waals surface area contributed by atoms with Crippen molar-refractivity contribution in [1.82, 2.24) is 19.8 Å². The highest BCUT2D eigenvalue weighted by molar-refractivity contribution is 5.97. The molecule has 0 aliphatic carbocycles. The van der Waals surface area contributed by atoms with Crippen LogP contribution >= 0.6 is 0 Å². The Balaban J connectivity index is 1.29. The number of aromatic nitrogens is 2. The topological polar surface area (TPSA) is 73.4 Å². The van der Waals surface area contributed by atoms with Crippen LogP contribution in [0.3, 0.4) is 0 Å². The number of hydrogen-bond acceptors (Lipinski definition) is 6. The fourth-order valence-corrected chi connectivity index (χ4v) is 4.91. The fourth-order valence-electron chi connectivity index (χ4n) is 4.91. The van der Waals surface area contributed by atoms with Crippen LogP contribution in [0.15, 0.2) is 48.8 Å². The van der Waals surface area contributed by atoms with Crippen molar-refractivity contribution in [2.24, 2.45) is 11.8 Å². The summed E-state index contributed by atoms with van der Waals surface area (Å²) in [6.45, 7) is 4.68. The van der Waals surface area contributed by atoms with Crippen LogP contribution in [0.2, 0.25) is 0 Å². The molecule has 2 N–H and O–H groups in total. The summed E-state index contributed by atoms with van der Waals surface area (Å²) in [4.78, 5) is 26.1. The average Bonchev–Trinajstić information content (AvgIpc) is 3.30. The van der Waals surface area contributed by atoms with Gasteiger partial charge in [0.1, 0.15) is 12.1 Å². The predicted octanol–water partition coefficient (Wildman–Crippen LogP) is 2.79. The highest BCUT2D eigenvalue weighted by atomic mass is 16.2. The van der Waals surface area contributed by atoms with Crippen LogP contribution in [0.1, 0.15) is 5.56 Å². The van der Waals surface area contributed by atoms with Crippen LogP contribution in [0.5, 0.6) is 0 Å². The van der Waals surface area contributed by atoms with E-state index in [2.05, 4.69) is 43.4 Å². The van der Waals surface area contributed by atoms with Gasteiger partial charge in [-0.25, -0.2) is 9.97 Å². The molecule has 5 rings (SSSR count). The number of carbonyl (C=O) groups excluding carboxylic acids is 1. The molecule has 162 valence electrons. The molecule has 2 aliphatic rings. The molecule has 2 aliphatic heterocycles. The van der Waals surface area contributed by atoms with E-state index in [1.165, 1.54) is 6.33 Å². The number of amides is 1. The van der Waals surface area contributed by atoms with Crippen LogP contribution < -0.4 is 10.6 Å². The Kier molecular flexibility index (Phi) is 5.48. The molecule has 0 saturated carbocycles. The maximum absolute atomic E-state index is 12.7. The van der Waals surface area contributed by atoms with Gasteiger partial charge in [0.15, 0.2) is 0 Å². The normalized spacial score (nSPS) is 20.8. The highest BCUT2D eigenvalue weighted by Gasteiger charge is 2.38. The van der Waals surface area contributed by atoms with E-state index in [1.807, 2.05) is 42.5 Å². The summed E-state index contributed by atoms with van der Waals surface area (Å²) in [5, 5.41) is 7.19. The molecule has 0 radical (unpaired) electrons. The number of likely N-dealkylation sites (tertiary alicyclic amines) is 2. The molecule has 3 heterocycles. The molecule has 2 fully saturated rings. The second-order valence-electron chi connectivity index (χ2n) is 8.79. The molecule has 7 heteroatoms. The minimum Gasteiger partial charge on any atom is -0.340 e. The number of hydrogen-bond donors (Lipinski definition) is 2. The average molecular weight is 427 g/mol. The number of benzene rings is 2. The maximum atomic E-state index is 12.7. The fraction of sp³-hybridized carbons (Fsp3) is 0.320. The van der Waals surface area contributed by atoms with Gasteiger partial charge in [0.2, 0.25) is 5.91 Å². The van der Waals surface area contributed by atoms with Crippen LogP contribution in [0.25, 0.3) is 10.9 Å². The lowest BCUT2D eigenvalue weighted by molar-refractivity contribution is -0.117. The van der Waals surface area contributed by atoms with Gasteiger partial charge >= 0.3 is 0 Å². The van der Waals surface area contributed by atoms with Crippen molar-refractivity contribution in [2.45, 2.75) is 0 Å². The van der Waals surface area contributed by atoms with Gasteiger partial charge < -0.3 is 15.5 Å². The minimum atomic E-state index is 0.00533. The molecule has 2 aromatic carbocycles. The first-order valence-electron chi connectivity index (χ1n) is 10.9. The van der Waals surface area contributed by atoms with Crippen LogP contribution in [-0.2, 0) is 4.79 Å². The van der Waals surface area contributed by atoms with Crippen molar-refractivity contribution in [3.05, 3.63) is 54.4 Å². The molecule has 32 heavy (non-hydrogen) atoms. The quantitative estimate of drug-likeness (QED) is 0.612. The Morgan fingerprint density at radius 2 is 1.91 bits per heavy atom. The molecule has 1 aromatic heterocycles. The standard InChI is InChI=1S/C25H26N6O/c1-3-17-5-4-6-20(9-17)29-25-22-10-21(7-8-23(22)26-16-27-25)28-24(32)15-31-13-18-11-30(2)12-19(18)14-31/h1,4-10,16,18-19H,11-15H2,2H3,(H,28,32)(H,26,27,29). The Bertz CT molecular complexity index is 1190. The van der Waals surface area contributed by atoms with E-state index in [1.54, 1.807) is 0 Å². The van der Waals surface area contributed by atoms with Crippen LogP contribution in [0, 0.1) is 24.2 Å². The van der Waals surface area contributed by atoms with Crippen molar-refractivity contribution in [1.29, 1.82) is 0 Å². The predicted molar refractivity (Wildman–Crippen MR) is 127 cm³/mol. The van der Waals surface area contributed by atoms with E-state index in [0.717, 1.165) is 54.0 Å². The number of rotatable bonds is 5. The Labute approximate surface area is 187 Å². The monoisotopic (exact) mass is 426 g/mol. The van der Waals surface area contributed by atoms with Crippen LogP contribution in [-0.4, -0.2) is 65.4 Å². The van der Waals surface area contributed by atoms with Gasteiger partial charge in [-0.05, 0) is 55.3 Å². The van der Waals surface area contributed by atoms with E-state index in [4.69, 9.17) is 6.42 Å². The van der Waals surface area contributed by atoms with Crippen molar-refractivity contribution in [2.75, 3.05) is 50.4 Å². The number of fused-ring (bicyclic) bond motifs is 2. The van der Waals surface area contributed by atoms with E-state index in [0.29, 0.717) is 24.2 Å². The van der Waals surface area contributed by atoms with Crippen molar-refractivity contribution >= 4 is 34.0 Å². The van der Waals surface area contributed by atoms with Gasteiger partial charge in [-0.2, -0.15) is 0 Å². The summed E-state index contributed by atoms with van der Waals surface area (Å²) in [6.07, 6.45) is 7.03. The first kappa shape index (κ1) is 20.4. The third-order valence-electron chi connectivity index (χ3n) is 6.32. The highest BCUT2D eigenvalue weighted by Crippen LogP contribution is 2.30. The van der Waals surface area contributed by atoms with E-state index < -0.39 is 0 Å². The molecule has 0 spiro atoms. The van der Waals surface area contributed by atoms with Crippen molar-refractivity contribution in [3.63, 3.8) is 0 Å². The summed E-state index contributed by atoms with van der Waals surface area (Å²) in [5.74, 6) is 4.68. The van der Waals surface area contributed by atoms with Crippen molar-refractivity contribution < 1.29 is 4.79 Å². The Hall–Kier alpha value is -3.47. The zero-order valence-electron chi connectivity index (χ0n) is 18.1. The third-order valence-corrected chi connectivity index (χ3v) is 6.32. The molecule has 7 nitrogen and oxygen atoms in total. The minimum absolute atomic E-state index is 0.00533. The van der Waals surface area contributed by atoms with Gasteiger partial charge in [-0.1, -0.05) is 12.0 Å². The smallest absolute Gasteiger partial charge is 0.238 e. The Morgan fingerprint density at radius 3 is 2.69 bits per heavy atom. The molecular formula is C25H26N6O. The summed E-state index contributed by atoms with van der Waals surface area (Å²) < 4.78 is 0. The van der Waals surface area contributed by atoms with Gasteiger partial charge in [-0.3, -0.25) is 9.69 Å². The summed E-state index contributed by atoms with van der Waals surface area (Å²) in [6, 6.07) is 13.3. The van der Waals surface area contributed by atoms with Gasteiger partial charge in [-0.15, -0.1) is 6.42 Å². The number of nitrogens with zero attached hydrogens (tertiary/aromatic N) is 4. The van der Waals surface area contributed by atoms with Gasteiger partial charge in [0, 0.05) is 48.5 Å². The number of carbonyl (C=O) groups is 1. The summed E-state index contributed by atoms with van der Waals surface area (Å²) >= 11 is 0. The zero-order valence-corrected chi connectivity index (χ0v) is 18.1. The lowest BCUT2D eigenvalue weighted by atomic mass is 10.0. The zero-order chi connectivity index (χ0) is 22.1.